The van der Waals surface area contributed by atoms with Crippen LogP contribution in [0.5, 0.6) is 0 Å². The van der Waals surface area contributed by atoms with Gasteiger partial charge in [-0.25, -0.2) is 0 Å². The largest absolute Gasteiger partial charge is 0.430 e. The summed E-state index contributed by atoms with van der Waals surface area (Å²) in [6.07, 6.45) is -0.964. The first kappa shape index (κ1) is 31.2. The van der Waals surface area contributed by atoms with Crippen molar-refractivity contribution in [3.05, 3.63) is 64.7 Å². The van der Waals surface area contributed by atoms with E-state index in [9.17, 15) is 27.9 Å². The summed E-state index contributed by atoms with van der Waals surface area (Å²) in [5, 5.41) is 11.1. The Labute approximate surface area is 245 Å². The highest BCUT2D eigenvalue weighted by Gasteiger charge is 2.62. The van der Waals surface area contributed by atoms with Crippen molar-refractivity contribution in [2.24, 2.45) is 11.8 Å². The smallest absolute Gasteiger partial charge is 0.371 e. The molecule has 2 aliphatic heterocycles. The number of hydrogen-bond donors (Lipinski definition) is 1. The standard InChI is InChI=1S/C31H39ClF3N3O3/c1-21(2)36(3)28(39)26-10-9-25(20-27(26)32)37-15-11-22(12-16-37)19-23-13-17-38(18-14-23)29(40)30(41,31(33,34)35)24-7-5-4-6-8-24/h4-10,20-23,41H,11-19H2,1-3H3. The second-order valence-corrected chi connectivity index (χ2v) is 12.1. The highest BCUT2D eigenvalue weighted by atomic mass is 35.5. The van der Waals surface area contributed by atoms with Crippen LogP contribution in [0.25, 0.3) is 0 Å². The van der Waals surface area contributed by atoms with Crippen LogP contribution in [-0.2, 0) is 10.4 Å². The summed E-state index contributed by atoms with van der Waals surface area (Å²) in [5.41, 5.74) is -2.53. The van der Waals surface area contributed by atoms with Crippen LogP contribution < -0.4 is 4.90 Å². The van der Waals surface area contributed by atoms with Crippen molar-refractivity contribution in [2.75, 3.05) is 38.1 Å². The van der Waals surface area contributed by atoms with Crippen LogP contribution in [0.4, 0.5) is 18.9 Å². The molecule has 0 spiro atoms. The fourth-order valence-corrected chi connectivity index (χ4v) is 6.14. The van der Waals surface area contributed by atoms with Gasteiger partial charge in [0.05, 0.1) is 10.6 Å². The first-order valence-electron chi connectivity index (χ1n) is 14.3. The van der Waals surface area contributed by atoms with Crippen LogP contribution in [0.2, 0.25) is 5.02 Å². The monoisotopic (exact) mass is 593 g/mol. The van der Waals surface area contributed by atoms with E-state index in [0.29, 0.717) is 35.3 Å². The number of piperidine rings is 2. The van der Waals surface area contributed by atoms with E-state index >= 15 is 0 Å². The summed E-state index contributed by atoms with van der Waals surface area (Å²) in [5.74, 6) is -0.591. The van der Waals surface area contributed by atoms with Gasteiger partial charge in [-0.3, -0.25) is 9.59 Å². The van der Waals surface area contributed by atoms with Crippen LogP contribution in [0, 0.1) is 11.8 Å². The molecule has 10 heteroatoms. The maximum Gasteiger partial charge on any atom is 0.430 e. The van der Waals surface area contributed by atoms with Gasteiger partial charge < -0.3 is 19.8 Å². The molecule has 2 aromatic rings. The number of carbonyl (C=O) groups is 2. The minimum absolute atomic E-state index is 0.0717. The zero-order valence-corrected chi connectivity index (χ0v) is 24.6. The Bertz CT molecular complexity index is 1210. The van der Waals surface area contributed by atoms with Crippen molar-refractivity contribution in [2.45, 2.75) is 63.8 Å². The third-order valence-electron chi connectivity index (χ3n) is 8.74. The number of nitrogens with zero attached hydrogens (tertiary/aromatic N) is 3. The van der Waals surface area contributed by atoms with E-state index in [1.807, 2.05) is 26.0 Å². The van der Waals surface area contributed by atoms with Crippen LogP contribution >= 0.6 is 11.6 Å². The van der Waals surface area contributed by atoms with E-state index < -0.39 is 23.2 Å². The molecular formula is C31H39ClF3N3O3. The highest BCUT2D eigenvalue weighted by Crippen LogP contribution is 2.41. The number of alkyl halides is 3. The number of halogens is 4. The molecule has 224 valence electrons. The fourth-order valence-electron chi connectivity index (χ4n) is 5.89. The highest BCUT2D eigenvalue weighted by molar-refractivity contribution is 6.34. The molecule has 4 rings (SSSR count). The summed E-state index contributed by atoms with van der Waals surface area (Å²) in [6, 6.07) is 12.2. The topological polar surface area (TPSA) is 64.1 Å². The molecule has 0 bridgehead atoms. The Morgan fingerprint density at radius 2 is 1.54 bits per heavy atom. The van der Waals surface area contributed by atoms with E-state index in [2.05, 4.69) is 4.90 Å². The van der Waals surface area contributed by atoms with Crippen molar-refractivity contribution in [3.8, 4) is 0 Å². The fraction of sp³-hybridized carbons (Fsp3) is 0.548. The van der Waals surface area contributed by atoms with Crippen molar-refractivity contribution in [1.82, 2.24) is 9.80 Å². The van der Waals surface area contributed by atoms with Crippen molar-refractivity contribution in [3.63, 3.8) is 0 Å². The number of rotatable bonds is 7. The average Bonchev–Trinajstić information content (AvgIpc) is 2.96. The first-order chi connectivity index (χ1) is 19.3. The SMILES string of the molecule is CC(C)N(C)C(=O)c1ccc(N2CCC(CC3CCN(C(=O)C(O)(c4ccccc4)C(F)(F)F)CC3)CC2)cc1Cl. The molecule has 2 aromatic carbocycles. The number of carbonyl (C=O) groups excluding carboxylic acids is 2. The van der Waals surface area contributed by atoms with Gasteiger partial charge >= 0.3 is 6.18 Å². The zero-order chi connectivity index (χ0) is 29.9. The van der Waals surface area contributed by atoms with E-state index in [1.54, 1.807) is 24.1 Å². The van der Waals surface area contributed by atoms with E-state index in [0.717, 1.165) is 55.1 Å². The number of benzene rings is 2. The lowest BCUT2D eigenvalue weighted by atomic mass is 9.82. The molecule has 1 N–H and O–H groups in total. The van der Waals surface area contributed by atoms with E-state index in [4.69, 9.17) is 11.6 Å². The van der Waals surface area contributed by atoms with Gasteiger partial charge in [0.15, 0.2) is 0 Å². The minimum atomic E-state index is -5.12. The van der Waals surface area contributed by atoms with Gasteiger partial charge in [0.25, 0.3) is 17.4 Å². The molecule has 0 radical (unpaired) electrons. The predicted molar refractivity (Wildman–Crippen MR) is 154 cm³/mol. The number of aliphatic hydroxyl groups is 1. The number of amides is 2. The molecule has 0 saturated carbocycles. The minimum Gasteiger partial charge on any atom is -0.371 e. The van der Waals surface area contributed by atoms with Crippen LogP contribution in [0.3, 0.4) is 0 Å². The number of likely N-dealkylation sites (tertiary alicyclic amines) is 1. The summed E-state index contributed by atoms with van der Waals surface area (Å²) in [6.45, 7) is 6.01. The van der Waals surface area contributed by atoms with Gasteiger partial charge in [-0.1, -0.05) is 41.9 Å². The van der Waals surface area contributed by atoms with Gasteiger partial charge in [0.1, 0.15) is 0 Å². The van der Waals surface area contributed by atoms with E-state index in [1.165, 1.54) is 12.1 Å². The summed E-state index contributed by atoms with van der Waals surface area (Å²) in [4.78, 5) is 30.8. The molecule has 1 atom stereocenters. The maximum atomic E-state index is 13.9. The Hall–Kier alpha value is -2.78. The molecule has 0 aromatic heterocycles. The summed E-state index contributed by atoms with van der Waals surface area (Å²) < 4.78 is 41.8. The lowest BCUT2D eigenvalue weighted by molar-refractivity contribution is -0.262. The van der Waals surface area contributed by atoms with Gasteiger partial charge in [-0.2, -0.15) is 13.2 Å². The molecule has 41 heavy (non-hydrogen) atoms. The van der Waals surface area contributed by atoms with Gasteiger partial charge in [0.2, 0.25) is 0 Å². The quantitative estimate of drug-likeness (QED) is 0.420. The Kier molecular flexibility index (Phi) is 9.59. The lowest BCUT2D eigenvalue weighted by Crippen LogP contribution is -2.57. The molecule has 2 heterocycles. The third-order valence-corrected chi connectivity index (χ3v) is 9.05. The lowest BCUT2D eigenvalue weighted by Gasteiger charge is -2.40. The Morgan fingerprint density at radius 1 is 0.976 bits per heavy atom. The average molecular weight is 594 g/mol. The third kappa shape index (κ3) is 6.67. The summed E-state index contributed by atoms with van der Waals surface area (Å²) in [7, 11) is 1.76. The molecule has 6 nitrogen and oxygen atoms in total. The molecule has 1 unspecified atom stereocenters. The van der Waals surface area contributed by atoms with Gasteiger partial charge in [-0.15, -0.1) is 0 Å². The Morgan fingerprint density at radius 3 is 2.05 bits per heavy atom. The summed E-state index contributed by atoms with van der Waals surface area (Å²) >= 11 is 6.49. The number of anilines is 1. The first-order valence-corrected chi connectivity index (χ1v) is 14.7. The molecule has 2 aliphatic rings. The second kappa shape index (κ2) is 12.6. The van der Waals surface area contributed by atoms with Crippen molar-refractivity contribution in [1.29, 1.82) is 0 Å². The van der Waals surface area contributed by atoms with Crippen LogP contribution in [0.15, 0.2) is 48.5 Å². The van der Waals surface area contributed by atoms with Gasteiger partial charge in [0, 0.05) is 50.5 Å². The molecule has 2 saturated heterocycles. The molecule has 2 fully saturated rings. The van der Waals surface area contributed by atoms with Crippen molar-refractivity contribution < 1.29 is 27.9 Å². The van der Waals surface area contributed by atoms with Crippen LogP contribution in [0.1, 0.15) is 61.9 Å². The van der Waals surface area contributed by atoms with Crippen molar-refractivity contribution >= 4 is 29.1 Å². The second-order valence-electron chi connectivity index (χ2n) is 11.6. The predicted octanol–water partition coefficient (Wildman–Crippen LogP) is 6.12. The molecule has 0 aliphatic carbocycles. The normalized spacial score (nSPS) is 18.9. The molecule has 2 amide bonds. The number of hydrogen-bond acceptors (Lipinski definition) is 4. The molecular weight excluding hydrogens is 555 g/mol. The maximum absolute atomic E-state index is 13.9. The van der Waals surface area contributed by atoms with E-state index in [-0.39, 0.29) is 25.0 Å². The van der Waals surface area contributed by atoms with Gasteiger partial charge in [-0.05, 0) is 76.0 Å². The zero-order valence-electron chi connectivity index (χ0n) is 23.8. The van der Waals surface area contributed by atoms with Crippen LogP contribution in [-0.4, -0.2) is 72.2 Å². The Balaban J connectivity index is 1.29.